The van der Waals surface area contributed by atoms with Crippen molar-refractivity contribution >= 4 is 64.6 Å². The van der Waals surface area contributed by atoms with Gasteiger partial charge in [0.05, 0.1) is 7.11 Å². The maximum absolute atomic E-state index is 14.3. The molecule has 0 N–H and O–H groups in total. The predicted molar refractivity (Wildman–Crippen MR) is 222 cm³/mol. The van der Waals surface area contributed by atoms with Crippen LogP contribution in [0.15, 0.2) is 23.0 Å². The minimum atomic E-state index is -1.20. The molecule has 3 aromatic rings. The van der Waals surface area contributed by atoms with Crippen molar-refractivity contribution in [1.82, 2.24) is 15.0 Å². The van der Waals surface area contributed by atoms with Crippen molar-refractivity contribution in [2.45, 2.75) is 114 Å². The molecule has 4 atom stereocenters. The molecule has 2 aliphatic heterocycles. The maximum atomic E-state index is 14.3. The van der Waals surface area contributed by atoms with Gasteiger partial charge in [-0.3, -0.25) is 14.4 Å². The Morgan fingerprint density at radius 2 is 1.59 bits per heavy atom. The number of Topliss-reactive ketones (excluding diaryl/α,β-unsaturated/α-hetero) is 1. The quantitative estimate of drug-likeness (QED) is 0.0784. The van der Waals surface area contributed by atoms with E-state index in [4.69, 9.17) is 29.7 Å². The van der Waals surface area contributed by atoms with E-state index in [9.17, 15) is 14.4 Å². The zero-order valence-corrected chi connectivity index (χ0v) is 36.4. The first-order valence-corrected chi connectivity index (χ1v) is 20.1. The van der Waals surface area contributed by atoms with Gasteiger partial charge in [-0.05, 0) is 83.6 Å². The van der Waals surface area contributed by atoms with E-state index in [2.05, 4.69) is 61.5 Å². The normalized spacial score (nSPS) is 22.6. The van der Waals surface area contributed by atoms with Crippen molar-refractivity contribution in [3.8, 4) is 0 Å². The number of nitrogens with zero attached hydrogens (tertiary/aromatic N) is 4. The Morgan fingerprint density at radius 3 is 2.27 bits per heavy atom. The summed E-state index contributed by atoms with van der Waals surface area (Å²) < 4.78 is 10.9. The van der Waals surface area contributed by atoms with Crippen molar-refractivity contribution in [3.63, 3.8) is 0 Å². The van der Waals surface area contributed by atoms with Crippen molar-refractivity contribution in [3.05, 3.63) is 95.2 Å². The van der Waals surface area contributed by atoms with E-state index in [0.29, 0.717) is 46.1 Å². The van der Waals surface area contributed by atoms with E-state index in [-0.39, 0.29) is 59.7 Å². The van der Waals surface area contributed by atoms with Crippen LogP contribution in [0.4, 0.5) is 0 Å². The second-order valence-corrected chi connectivity index (χ2v) is 15.7. The zero-order chi connectivity index (χ0) is 39.7. The number of allylic oxidation sites excluding steroid dienone is 3. The number of hydrogen-bond acceptors (Lipinski definition) is 5. The Labute approximate surface area is 348 Å². The molecule has 10 heteroatoms. The molecule has 8 bridgehead atoms. The molecular formula is C46H56MgN4O5-2. The number of esters is 2. The van der Waals surface area contributed by atoms with Gasteiger partial charge in [-0.2, -0.15) is 11.4 Å². The Balaban J connectivity index is 0.00000600. The molecule has 0 spiro atoms. The summed E-state index contributed by atoms with van der Waals surface area (Å²) in [6.07, 6.45) is 14.7. The summed E-state index contributed by atoms with van der Waals surface area (Å²) >= 11 is 0. The van der Waals surface area contributed by atoms with E-state index in [1.165, 1.54) is 25.5 Å². The summed E-state index contributed by atoms with van der Waals surface area (Å²) in [6.45, 7) is 19.2. The van der Waals surface area contributed by atoms with E-state index in [1.54, 1.807) is 0 Å². The first-order valence-electron chi connectivity index (χ1n) is 20.1. The minimum absolute atomic E-state index is 0. The summed E-state index contributed by atoms with van der Waals surface area (Å²) in [7, 11) is 1.30. The summed E-state index contributed by atoms with van der Waals surface area (Å²) in [6, 6.07) is 0. The van der Waals surface area contributed by atoms with Crippen molar-refractivity contribution in [2.24, 2.45) is 23.7 Å². The Bertz CT molecular complexity index is 2230. The smallest absolute Gasteiger partial charge is 0.664 e. The molecule has 1 aliphatic carbocycles. The molecule has 1 saturated heterocycles. The number of carbonyl (C=O) groups excluding carboxylic acids is 3. The largest absolute Gasteiger partial charge is 2.00 e. The van der Waals surface area contributed by atoms with Crippen LogP contribution in [0.2, 0.25) is 0 Å². The number of rotatable bonds is 13. The van der Waals surface area contributed by atoms with E-state index in [1.807, 2.05) is 25.2 Å². The third kappa shape index (κ3) is 8.19. The Morgan fingerprint density at radius 1 is 0.893 bits per heavy atom. The van der Waals surface area contributed by atoms with E-state index >= 15 is 0 Å². The molecule has 294 valence electrons. The average molecular weight is 769 g/mol. The molecule has 3 aliphatic rings. The number of ether oxygens (including phenoxy) is 2. The van der Waals surface area contributed by atoms with Gasteiger partial charge in [0.15, 0.2) is 5.78 Å². The van der Waals surface area contributed by atoms with Gasteiger partial charge in [0.2, 0.25) is 0 Å². The number of ketones is 1. The van der Waals surface area contributed by atoms with Gasteiger partial charge in [0.25, 0.3) is 0 Å². The molecule has 6 rings (SSSR count). The van der Waals surface area contributed by atoms with Crippen LogP contribution in [-0.4, -0.2) is 54.5 Å². The third-order valence-corrected chi connectivity index (χ3v) is 12.3. The topological polar surface area (TPSA) is 126 Å². The zero-order valence-electron chi connectivity index (χ0n) is 35.0. The molecule has 9 nitrogen and oxygen atoms in total. The third-order valence-electron chi connectivity index (χ3n) is 12.3. The molecule has 3 aromatic heterocycles. The number of fused-ring (bicyclic) bond motifs is 7. The van der Waals surface area contributed by atoms with Crippen molar-refractivity contribution in [1.29, 1.82) is 0 Å². The molecule has 0 unspecified atom stereocenters. The fourth-order valence-electron chi connectivity index (χ4n) is 8.53. The summed E-state index contributed by atoms with van der Waals surface area (Å²) in [5, 5.41) is 6.90. The van der Waals surface area contributed by atoms with Gasteiger partial charge in [-0.1, -0.05) is 105 Å². The SMILES string of the molecule is CCc1c2[n-]c(c1C)/C=C1\[N-]/C(=C3\c4[n-]c(c(C)c4C(=O)[C@@H]3C(=O)OC)/C=c3\[n-]/c(c(C)c3CC)=C\2)[C@@H](CCC(=O)OC/C=C(/C)CCC[C@H](C)CC)[C@@H]1C.[Mg+2]. The monoisotopic (exact) mass is 768 g/mol. The average Bonchev–Trinajstić information content (AvgIpc) is 3.90. The Kier molecular flexibility index (Phi) is 13.9. The predicted octanol–water partition coefficient (Wildman–Crippen LogP) is 7.06. The van der Waals surface area contributed by atoms with Gasteiger partial charge in [-0.25, -0.2) is 0 Å². The van der Waals surface area contributed by atoms with Crippen LogP contribution in [0.5, 0.6) is 0 Å². The van der Waals surface area contributed by atoms with E-state index in [0.717, 1.165) is 75.7 Å². The molecule has 56 heavy (non-hydrogen) atoms. The van der Waals surface area contributed by atoms with Gasteiger partial charge >= 0.3 is 35.0 Å². The second-order valence-electron chi connectivity index (χ2n) is 15.7. The summed E-state index contributed by atoms with van der Waals surface area (Å²) in [5.74, 6) is -2.23. The number of hydrogen-bond donors (Lipinski definition) is 0. The number of methoxy groups -OCH3 is 1. The first kappa shape index (κ1) is 43.1. The van der Waals surface area contributed by atoms with Crippen LogP contribution in [0.1, 0.15) is 141 Å². The molecule has 0 radical (unpaired) electrons. The van der Waals surface area contributed by atoms with Crippen LogP contribution in [-0.2, 0) is 31.9 Å². The van der Waals surface area contributed by atoms with Crippen molar-refractivity contribution < 1.29 is 23.9 Å². The number of carbonyl (C=O) groups is 3. The molecule has 0 aromatic carbocycles. The van der Waals surface area contributed by atoms with Crippen LogP contribution in [0.3, 0.4) is 0 Å². The minimum Gasteiger partial charge on any atom is -0.664 e. The summed E-state index contributed by atoms with van der Waals surface area (Å²) in [5.41, 5.74) is 11.4. The van der Waals surface area contributed by atoms with Gasteiger partial charge in [-0.15, -0.1) is 33.5 Å². The fourth-order valence-corrected chi connectivity index (χ4v) is 8.53. The first-order chi connectivity index (χ1) is 26.3. The molecule has 0 saturated carbocycles. The molecule has 5 heterocycles. The van der Waals surface area contributed by atoms with Gasteiger partial charge < -0.3 is 29.7 Å². The van der Waals surface area contributed by atoms with Crippen LogP contribution in [0.25, 0.3) is 29.1 Å². The van der Waals surface area contributed by atoms with Crippen LogP contribution in [0, 0.1) is 44.4 Å². The van der Waals surface area contributed by atoms with E-state index < -0.39 is 11.9 Å². The van der Waals surface area contributed by atoms with Crippen LogP contribution < -0.4 is 25.7 Å². The Hall–Kier alpha value is -4.02. The van der Waals surface area contributed by atoms with Gasteiger partial charge in [0, 0.05) is 12.0 Å². The van der Waals surface area contributed by atoms with Crippen molar-refractivity contribution in [2.75, 3.05) is 13.7 Å². The maximum Gasteiger partial charge on any atom is 2.00 e. The molecule has 0 amide bonds. The summed E-state index contributed by atoms with van der Waals surface area (Å²) in [4.78, 5) is 56.3. The van der Waals surface area contributed by atoms with Crippen LogP contribution >= 0.6 is 0 Å². The van der Waals surface area contributed by atoms with Gasteiger partial charge in [0.1, 0.15) is 12.5 Å². The number of aromatic nitrogens is 3. The molecular weight excluding hydrogens is 713 g/mol. The standard InChI is InChI=1S/C46H57N4O5.Mg/c1-11-24(4)15-14-16-25(5)19-20-55-39(51)18-17-32-28(8)35-21-33-26(6)30(12-2)37(47-33)22-34-27(7)31(13-3)38(48-34)23-36-29(9)40-44(50-36)41(43(32)49-35)42(45(40)52)46(53)54-10;/h19,21-24,28,32,42H,11-18,20H2,1-10H3,(H-,49,50,52);/q-3;+2/p-1/b25-19-,34-22-,35-21-,38-23-;/t24-,28+,32+,42-;/m1./s1. The second kappa shape index (κ2) is 18.1. The fraction of sp³-hybridized carbons (Fsp3) is 0.500. The molecule has 1 fully saturated rings.